The quantitative estimate of drug-likeness (QED) is 0.689. The third kappa shape index (κ3) is 4.07. The van der Waals surface area contributed by atoms with E-state index in [4.69, 9.17) is 18.9 Å². The second-order valence-electron chi connectivity index (χ2n) is 6.67. The van der Waals surface area contributed by atoms with Gasteiger partial charge in [0.25, 0.3) is 5.91 Å². The largest absolute Gasteiger partial charge is 0.496 e. The maximum absolute atomic E-state index is 12.8. The minimum atomic E-state index is -0.579. The predicted molar refractivity (Wildman–Crippen MR) is 106 cm³/mol. The fraction of sp³-hybridized carbons (Fsp3) is 0.409. The highest BCUT2D eigenvalue weighted by molar-refractivity contribution is 5.83. The molecule has 0 radical (unpaired) electrons. The molecule has 1 fully saturated rings. The Bertz CT molecular complexity index is 783. The first-order chi connectivity index (χ1) is 13.6. The van der Waals surface area contributed by atoms with Gasteiger partial charge in [0.1, 0.15) is 23.4 Å². The van der Waals surface area contributed by atoms with Crippen molar-refractivity contribution in [3.63, 3.8) is 0 Å². The van der Waals surface area contributed by atoms with Crippen molar-refractivity contribution in [3.8, 4) is 17.2 Å². The van der Waals surface area contributed by atoms with Gasteiger partial charge >= 0.3 is 0 Å². The number of carbonyl (C=O) groups is 1. The average molecular weight is 385 g/mol. The summed E-state index contributed by atoms with van der Waals surface area (Å²) in [5, 5.41) is 0. The topological polar surface area (TPSA) is 57.2 Å². The Hall–Kier alpha value is -2.73. The zero-order valence-corrected chi connectivity index (χ0v) is 16.8. The van der Waals surface area contributed by atoms with Crippen molar-refractivity contribution in [1.82, 2.24) is 4.90 Å². The highest BCUT2D eigenvalue weighted by atomic mass is 16.5. The normalized spacial score (nSPS) is 19.0. The summed E-state index contributed by atoms with van der Waals surface area (Å²) in [6.45, 7) is 4.94. The van der Waals surface area contributed by atoms with Crippen LogP contribution in [0.3, 0.4) is 0 Å². The number of carbonyl (C=O) groups excluding carboxylic acids is 1. The van der Waals surface area contributed by atoms with Crippen LogP contribution in [0.1, 0.15) is 37.6 Å². The summed E-state index contributed by atoms with van der Waals surface area (Å²) in [4.78, 5) is 14.5. The van der Waals surface area contributed by atoms with Crippen LogP contribution in [0.2, 0.25) is 0 Å². The number of amides is 1. The van der Waals surface area contributed by atoms with E-state index in [2.05, 4.69) is 6.92 Å². The third-order valence-electron chi connectivity index (χ3n) is 4.71. The molecule has 6 heteroatoms. The third-order valence-corrected chi connectivity index (χ3v) is 4.71. The molecule has 2 atom stereocenters. The van der Waals surface area contributed by atoms with E-state index in [1.807, 2.05) is 42.5 Å². The van der Waals surface area contributed by atoms with Gasteiger partial charge in [-0.25, -0.2) is 0 Å². The fourth-order valence-electron chi connectivity index (χ4n) is 3.29. The second kappa shape index (κ2) is 8.97. The Morgan fingerprint density at radius 3 is 2.25 bits per heavy atom. The number of nitrogens with zero attached hydrogens (tertiary/aromatic N) is 1. The van der Waals surface area contributed by atoms with Crippen LogP contribution in [0.25, 0.3) is 0 Å². The molecule has 2 aromatic rings. The minimum absolute atomic E-state index is 0.0655. The number of methoxy groups -OCH3 is 2. The van der Waals surface area contributed by atoms with E-state index in [0.717, 1.165) is 17.7 Å². The van der Waals surface area contributed by atoms with Gasteiger partial charge in [-0.2, -0.15) is 0 Å². The van der Waals surface area contributed by atoms with Crippen LogP contribution in [0, 0.1) is 0 Å². The highest BCUT2D eigenvalue weighted by Crippen LogP contribution is 2.42. The van der Waals surface area contributed by atoms with Gasteiger partial charge in [-0.15, -0.1) is 0 Å². The fourth-order valence-corrected chi connectivity index (χ4v) is 3.29. The molecule has 2 aromatic carbocycles. The molecule has 0 saturated carbocycles. The molecule has 2 unspecified atom stereocenters. The molecule has 1 aliphatic rings. The standard InChI is InChI=1S/C22H27NO5/c1-5-13-27-17-11-9-16(10-12-17)14-23-21(24)15(2)28-22(23)20-18(25-3)7-6-8-19(20)26-4/h6-12,15,22H,5,13-14H2,1-4H3. The molecule has 3 rings (SSSR count). The first-order valence-electron chi connectivity index (χ1n) is 9.47. The Labute approximate surface area is 166 Å². The summed E-state index contributed by atoms with van der Waals surface area (Å²) in [7, 11) is 3.19. The molecule has 1 aliphatic heterocycles. The van der Waals surface area contributed by atoms with Crippen LogP contribution in [0.4, 0.5) is 0 Å². The molecule has 6 nitrogen and oxygen atoms in total. The first kappa shape index (κ1) is 20.0. The number of rotatable bonds is 8. The predicted octanol–water partition coefficient (Wildman–Crippen LogP) is 3.94. The van der Waals surface area contributed by atoms with E-state index in [-0.39, 0.29) is 5.91 Å². The molecule has 1 heterocycles. The lowest BCUT2D eigenvalue weighted by molar-refractivity contribution is -0.130. The first-order valence-corrected chi connectivity index (χ1v) is 9.47. The van der Waals surface area contributed by atoms with Crippen LogP contribution >= 0.6 is 0 Å². The lowest BCUT2D eigenvalue weighted by atomic mass is 10.1. The molecule has 0 aliphatic carbocycles. The summed E-state index contributed by atoms with van der Waals surface area (Å²) < 4.78 is 22.6. The lowest BCUT2D eigenvalue weighted by Gasteiger charge is -2.26. The summed E-state index contributed by atoms with van der Waals surface area (Å²) in [5.74, 6) is 2.01. The molecule has 0 bridgehead atoms. The van der Waals surface area contributed by atoms with Gasteiger partial charge in [-0.3, -0.25) is 4.79 Å². The van der Waals surface area contributed by atoms with Crippen molar-refractivity contribution in [2.75, 3.05) is 20.8 Å². The van der Waals surface area contributed by atoms with E-state index in [1.165, 1.54) is 0 Å². The van der Waals surface area contributed by atoms with Gasteiger partial charge in [-0.1, -0.05) is 25.1 Å². The Kier molecular flexibility index (Phi) is 6.41. The molecule has 28 heavy (non-hydrogen) atoms. The number of hydrogen-bond donors (Lipinski definition) is 0. The highest BCUT2D eigenvalue weighted by Gasteiger charge is 2.41. The van der Waals surface area contributed by atoms with Crippen LogP contribution in [-0.4, -0.2) is 37.7 Å². The number of hydrogen-bond acceptors (Lipinski definition) is 5. The summed E-state index contributed by atoms with van der Waals surface area (Å²) in [5.41, 5.74) is 1.71. The zero-order chi connectivity index (χ0) is 20.1. The zero-order valence-electron chi connectivity index (χ0n) is 16.8. The second-order valence-corrected chi connectivity index (χ2v) is 6.67. The molecule has 1 amide bonds. The van der Waals surface area contributed by atoms with Gasteiger partial charge in [-0.05, 0) is 43.2 Å². The Morgan fingerprint density at radius 1 is 1.04 bits per heavy atom. The summed E-state index contributed by atoms with van der Waals surface area (Å²) >= 11 is 0. The Balaban J connectivity index is 1.88. The van der Waals surface area contributed by atoms with Crippen LogP contribution in [0.5, 0.6) is 17.2 Å². The number of ether oxygens (including phenoxy) is 4. The number of benzene rings is 2. The van der Waals surface area contributed by atoms with Crippen LogP contribution < -0.4 is 14.2 Å². The molecular weight excluding hydrogens is 358 g/mol. The SMILES string of the molecule is CCCOc1ccc(CN2C(=O)C(C)OC2c2c(OC)cccc2OC)cc1. The molecule has 0 N–H and O–H groups in total. The van der Waals surface area contributed by atoms with Crippen molar-refractivity contribution >= 4 is 5.91 Å². The minimum Gasteiger partial charge on any atom is -0.496 e. The van der Waals surface area contributed by atoms with Crippen molar-refractivity contribution in [2.45, 2.75) is 39.1 Å². The molecule has 0 spiro atoms. The Morgan fingerprint density at radius 2 is 1.68 bits per heavy atom. The molecule has 1 saturated heterocycles. The van der Waals surface area contributed by atoms with E-state index in [0.29, 0.717) is 30.2 Å². The van der Waals surface area contributed by atoms with Crippen molar-refractivity contribution < 1.29 is 23.7 Å². The van der Waals surface area contributed by atoms with Crippen LogP contribution in [0.15, 0.2) is 42.5 Å². The molecular formula is C22H27NO5. The monoisotopic (exact) mass is 385 g/mol. The average Bonchev–Trinajstić information content (AvgIpc) is 3.00. The van der Waals surface area contributed by atoms with E-state index < -0.39 is 12.3 Å². The van der Waals surface area contributed by atoms with Gasteiger partial charge < -0.3 is 23.8 Å². The van der Waals surface area contributed by atoms with E-state index >= 15 is 0 Å². The van der Waals surface area contributed by atoms with Crippen molar-refractivity contribution in [2.24, 2.45) is 0 Å². The van der Waals surface area contributed by atoms with Gasteiger partial charge in [0.05, 0.1) is 26.4 Å². The smallest absolute Gasteiger partial charge is 0.254 e. The maximum atomic E-state index is 12.8. The van der Waals surface area contributed by atoms with E-state index in [9.17, 15) is 4.79 Å². The summed E-state index contributed by atoms with van der Waals surface area (Å²) in [6.07, 6.45) is -0.154. The van der Waals surface area contributed by atoms with Gasteiger partial charge in [0.15, 0.2) is 6.23 Å². The summed E-state index contributed by atoms with van der Waals surface area (Å²) in [6, 6.07) is 13.3. The lowest BCUT2D eigenvalue weighted by Crippen LogP contribution is -2.30. The molecule has 150 valence electrons. The van der Waals surface area contributed by atoms with E-state index in [1.54, 1.807) is 26.0 Å². The molecule has 0 aromatic heterocycles. The van der Waals surface area contributed by atoms with Gasteiger partial charge in [0.2, 0.25) is 0 Å². The van der Waals surface area contributed by atoms with Gasteiger partial charge in [0, 0.05) is 6.54 Å². The van der Waals surface area contributed by atoms with Crippen LogP contribution in [-0.2, 0) is 16.1 Å². The van der Waals surface area contributed by atoms with Crippen molar-refractivity contribution in [1.29, 1.82) is 0 Å². The maximum Gasteiger partial charge on any atom is 0.254 e. The van der Waals surface area contributed by atoms with Crippen molar-refractivity contribution in [3.05, 3.63) is 53.6 Å².